The zero-order valence-electron chi connectivity index (χ0n) is 35.3. The Morgan fingerprint density at radius 3 is 1.60 bits per heavy atom. The molecule has 0 bridgehead atoms. The standard InChI is InChI=1S/C61H39N3O/c1-4-19-40(20-5-1)62(44-38-56(59-49-28-13-17-34-57(49)65-58(59)39-44)63(41-21-6-2-7-22-41)42-23-8-3-9-24-42)43-35-36-52-55(37-43)64-54-33-16-12-27-47(54)48-29-18-32-53(60(48)64)61(52)50-30-14-10-25-45(50)46-26-11-15-31-51(46)61/h1-39H. The molecular formula is C61H39N3O. The van der Waals surface area contributed by atoms with Crippen LogP contribution in [0.4, 0.5) is 34.1 Å². The van der Waals surface area contributed by atoms with Crippen molar-refractivity contribution < 1.29 is 4.42 Å². The van der Waals surface area contributed by atoms with Crippen LogP contribution in [0.1, 0.15) is 22.3 Å². The second-order valence-corrected chi connectivity index (χ2v) is 17.2. The van der Waals surface area contributed by atoms with Gasteiger partial charge in [-0.2, -0.15) is 0 Å². The van der Waals surface area contributed by atoms with Crippen molar-refractivity contribution in [1.29, 1.82) is 0 Å². The van der Waals surface area contributed by atoms with E-state index in [1.807, 2.05) is 0 Å². The molecule has 0 fully saturated rings. The minimum atomic E-state index is -0.533. The quantitative estimate of drug-likeness (QED) is 0.167. The summed E-state index contributed by atoms with van der Waals surface area (Å²) in [6.07, 6.45) is 0. The number of anilines is 6. The fourth-order valence-electron chi connectivity index (χ4n) is 11.4. The van der Waals surface area contributed by atoms with Crippen molar-refractivity contribution in [2.75, 3.05) is 9.80 Å². The first-order valence-electron chi connectivity index (χ1n) is 22.3. The van der Waals surface area contributed by atoms with E-state index in [0.717, 1.165) is 56.1 Å². The molecule has 2 aliphatic rings. The number of furan rings is 1. The Bertz CT molecular complexity index is 3760. The minimum Gasteiger partial charge on any atom is -0.456 e. The number of hydrogen-bond acceptors (Lipinski definition) is 3. The number of benzene rings is 10. The molecule has 2 aromatic heterocycles. The van der Waals surface area contributed by atoms with Crippen LogP contribution < -0.4 is 9.80 Å². The molecule has 0 amide bonds. The average Bonchev–Trinajstić information content (AvgIpc) is 4.02. The molecule has 0 unspecified atom stereocenters. The highest BCUT2D eigenvalue weighted by atomic mass is 16.3. The predicted octanol–water partition coefficient (Wildman–Crippen LogP) is 16.3. The third-order valence-electron chi connectivity index (χ3n) is 13.9. The van der Waals surface area contributed by atoms with E-state index in [-0.39, 0.29) is 0 Å². The van der Waals surface area contributed by atoms with Gasteiger partial charge in [0.1, 0.15) is 11.2 Å². The van der Waals surface area contributed by atoms with E-state index < -0.39 is 5.41 Å². The zero-order valence-corrected chi connectivity index (χ0v) is 35.3. The van der Waals surface area contributed by atoms with Crippen LogP contribution in [0.5, 0.6) is 0 Å². The molecule has 304 valence electrons. The lowest BCUT2D eigenvalue weighted by Gasteiger charge is -2.40. The number of fused-ring (bicyclic) bond motifs is 15. The Labute approximate surface area is 376 Å². The highest BCUT2D eigenvalue weighted by Crippen LogP contribution is 2.61. The molecule has 0 saturated heterocycles. The van der Waals surface area contributed by atoms with Gasteiger partial charge in [0.2, 0.25) is 0 Å². The summed E-state index contributed by atoms with van der Waals surface area (Å²) >= 11 is 0. The van der Waals surface area contributed by atoms with Crippen LogP contribution in [-0.4, -0.2) is 4.57 Å². The summed E-state index contributed by atoms with van der Waals surface area (Å²) in [7, 11) is 0. The molecule has 1 aliphatic carbocycles. The van der Waals surface area contributed by atoms with E-state index in [2.05, 4.69) is 251 Å². The Balaban J connectivity index is 1.09. The first-order valence-corrected chi connectivity index (χ1v) is 22.3. The molecule has 65 heavy (non-hydrogen) atoms. The van der Waals surface area contributed by atoms with Gasteiger partial charge in [-0.15, -0.1) is 0 Å². The number of para-hydroxylation sites is 6. The van der Waals surface area contributed by atoms with Gasteiger partial charge in [-0.05, 0) is 100 Å². The maximum Gasteiger partial charge on any atom is 0.139 e. The number of rotatable bonds is 6. The van der Waals surface area contributed by atoms with Gasteiger partial charge in [-0.3, -0.25) is 0 Å². The van der Waals surface area contributed by atoms with Crippen molar-refractivity contribution in [3.63, 3.8) is 0 Å². The second kappa shape index (κ2) is 13.7. The Hall–Kier alpha value is -8.60. The molecule has 4 nitrogen and oxygen atoms in total. The summed E-state index contributed by atoms with van der Waals surface area (Å²) in [5.74, 6) is 0. The molecule has 1 spiro atoms. The fraction of sp³-hybridized carbons (Fsp3) is 0.0164. The van der Waals surface area contributed by atoms with Crippen molar-refractivity contribution in [1.82, 2.24) is 4.57 Å². The van der Waals surface area contributed by atoms with Crippen LogP contribution >= 0.6 is 0 Å². The van der Waals surface area contributed by atoms with Crippen LogP contribution in [-0.2, 0) is 5.41 Å². The number of aromatic nitrogens is 1. The number of hydrogen-bond donors (Lipinski definition) is 0. The highest BCUT2D eigenvalue weighted by Gasteiger charge is 2.50. The molecule has 12 aromatic rings. The van der Waals surface area contributed by atoms with Gasteiger partial charge in [0, 0.05) is 45.0 Å². The molecule has 3 heterocycles. The summed E-state index contributed by atoms with van der Waals surface area (Å²) in [5, 5.41) is 4.65. The zero-order chi connectivity index (χ0) is 42.6. The maximum absolute atomic E-state index is 6.86. The lowest BCUT2D eigenvalue weighted by atomic mass is 9.65. The molecule has 1 aliphatic heterocycles. The van der Waals surface area contributed by atoms with E-state index >= 15 is 0 Å². The van der Waals surface area contributed by atoms with Crippen LogP contribution in [0.2, 0.25) is 0 Å². The molecule has 10 aromatic carbocycles. The Kier molecular flexibility index (Phi) is 7.57. The summed E-state index contributed by atoms with van der Waals surface area (Å²) < 4.78 is 9.39. The van der Waals surface area contributed by atoms with Gasteiger partial charge in [0.15, 0.2) is 0 Å². The monoisotopic (exact) mass is 829 g/mol. The van der Waals surface area contributed by atoms with E-state index in [0.29, 0.717) is 0 Å². The van der Waals surface area contributed by atoms with Gasteiger partial charge in [0.25, 0.3) is 0 Å². The summed E-state index contributed by atoms with van der Waals surface area (Å²) in [4.78, 5) is 4.76. The lowest BCUT2D eigenvalue weighted by molar-refractivity contribution is 0.669. The van der Waals surface area contributed by atoms with Gasteiger partial charge < -0.3 is 18.8 Å². The Morgan fingerprint density at radius 2 is 0.908 bits per heavy atom. The van der Waals surface area contributed by atoms with Gasteiger partial charge >= 0.3 is 0 Å². The van der Waals surface area contributed by atoms with Crippen molar-refractivity contribution >= 4 is 77.9 Å². The van der Waals surface area contributed by atoms with Crippen LogP contribution in [0.3, 0.4) is 0 Å². The maximum atomic E-state index is 6.86. The van der Waals surface area contributed by atoms with Gasteiger partial charge in [-0.25, -0.2) is 0 Å². The van der Waals surface area contributed by atoms with Crippen LogP contribution in [0, 0.1) is 0 Å². The van der Waals surface area contributed by atoms with E-state index in [1.165, 1.54) is 60.9 Å². The van der Waals surface area contributed by atoms with Crippen LogP contribution in [0.25, 0.3) is 60.6 Å². The van der Waals surface area contributed by atoms with E-state index in [4.69, 9.17) is 4.42 Å². The van der Waals surface area contributed by atoms with Crippen molar-refractivity contribution in [2.24, 2.45) is 0 Å². The minimum absolute atomic E-state index is 0.533. The summed E-state index contributed by atoms with van der Waals surface area (Å²) in [6.45, 7) is 0. The van der Waals surface area contributed by atoms with E-state index in [9.17, 15) is 0 Å². The third-order valence-corrected chi connectivity index (χ3v) is 13.9. The molecule has 0 atom stereocenters. The molecule has 0 radical (unpaired) electrons. The SMILES string of the molecule is c1ccc(N(c2ccc3c(c2)-n2c4ccccc4c4cccc(c42)C32c3ccccc3-c3ccccc32)c2cc(N(c3ccccc3)c3ccccc3)c3c(c2)oc2ccccc23)cc1. The third kappa shape index (κ3) is 4.96. The molecule has 0 saturated carbocycles. The summed E-state index contributed by atoms with van der Waals surface area (Å²) in [5.41, 5.74) is 18.8. The van der Waals surface area contributed by atoms with Crippen LogP contribution in [0.15, 0.2) is 241 Å². The molecule has 0 N–H and O–H groups in total. The normalized spacial score (nSPS) is 13.0. The molecular weight excluding hydrogens is 791 g/mol. The second-order valence-electron chi connectivity index (χ2n) is 17.2. The van der Waals surface area contributed by atoms with Crippen molar-refractivity contribution in [2.45, 2.75) is 5.41 Å². The smallest absolute Gasteiger partial charge is 0.139 e. The first-order chi connectivity index (χ1) is 32.3. The van der Waals surface area contributed by atoms with Crippen molar-refractivity contribution in [3.8, 4) is 16.8 Å². The predicted molar refractivity (Wildman–Crippen MR) is 268 cm³/mol. The van der Waals surface area contributed by atoms with Gasteiger partial charge in [0.05, 0.1) is 38.9 Å². The number of nitrogens with zero attached hydrogens (tertiary/aromatic N) is 3. The average molecular weight is 830 g/mol. The Morgan fingerprint density at radius 1 is 0.354 bits per heavy atom. The fourth-order valence-corrected chi connectivity index (χ4v) is 11.4. The van der Waals surface area contributed by atoms with Crippen molar-refractivity contribution in [3.05, 3.63) is 259 Å². The van der Waals surface area contributed by atoms with E-state index in [1.54, 1.807) is 0 Å². The lowest BCUT2D eigenvalue weighted by Crippen LogP contribution is -2.33. The topological polar surface area (TPSA) is 24.6 Å². The highest BCUT2D eigenvalue weighted by molar-refractivity contribution is 6.16. The molecule has 14 rings (SSSR count). The molecule has 4 heteroatoms. The first kappa shape index (κ1) is 35.9. The van der Waals surface area contributed by atoms with Gasteiger partial charge in [-0.1, -0.05) is 164 Å². The summed E-state index contributed by atoms with van der Waals surface area (Å²) in [6, 6.07) is 86.2. The largest absolute Gasteiger partial charge is 0.456 e.